The lowest BCUT2D eigenvalue weighted by Crippen LogP contribution is -2.34. The van der Waals surface area contributed by atoms with E-state index < -0.39 is 0 Å². The summed E-state index contributed by atoms with van der Waals surface area (Å²) in [6, 6.07) is 3.97. The average Bonchev–Trinajstić information content (AvgIpc) is 2.85. The van der Waals surface area contributed by atoms with Crippen LogP contribution in [0.1, 0.15) is 30.5 Å². The molecule has 0 saturated carbocycles. The summed E-state index contributed by atoms with van der Waals surface area (Å²) < 4.78 is 0. The van der Waals surface area contributed by atoms with Gasteiger partial charge in [-0.3, -0.25) is 14.5 Å². The highest BCUT2D eigenvalue weighted by Gasteiger charge is 2.36. The van der Waals surface area contributed by atoms with E-state index in [0.29, 0.717) is 4.91 Å². The number of thioether (sulfide) groups is 1. The second kappa shape index (κ2) is 5.28. The Morgan fingerprint density at radius 2 is 2.06 bits per heavy atom. The van der Waals surface area contributed by atoms with E-state index in [1.54, 1.807) is 11.3 Å². The van der Waals surface area contributed by atoms with Crippen molar-refractivity contribution >= 4 is 40.3 Å². The van der Waals surface area contributed by atoms with Gasteiger partial charge < -0.3 is 0 Å². The molecule has 1 fully saturated rings. The third-order valence-corrected chi connectivity index (χ3v) is 4.70. The van der Waals surface area contributed by atoms with Gasteiger partial charge in [-0.15, -0.1) is 11.3 Å². The minimum atomic E-state index is -0.175. The van der Waals surface area contributed by atoms with Crippen LogP contribution < -0.4 is 0 Å². The molecule has 1 saturated heterocycles. The molecule has 3 nitrogen and oxygen atoms in total. The Morgan fingerprint density at radius 1 is 1.33 bits per heavy atom. The minimum Gasteiger partial charge on any atom is -0.268 e. The summed E-state index contributed by atoms with van der Waals surface area (Å²) in [5.41, 5.74) is 0. The van der Waals surface area contributed by atoms with E-state index in [9.17, 15) is 9.59 Å². The van der Waals surface area contributed by atoms with Crippen LogP contribution in [0.15, 0.2) is 17.0 Å². The molecule has 1 aromatic rings. The molecule has 0 atom stereocenters. The Hall–Kier alpha value is -1.07. The van der Waals surface area contributed by atoms with Crippen molar-refractivity contribution in [3.63, 3.8) is 0 Å². The largest absolute Gasteiger partial charge is 0.293 e. The molecule has 2 rings (SSSR count). The fraction of sp³-hybridized carbons (Fsp3) is 0.385. The smallest absolute Gasteiger partial charge is 0.268 e. The van der Waals surface area contributed by atoms with Gasteiger partial charge in [-0.1, -0.05) is 6.92 Å². The molecular formula is C13H15NO2S2. The maximum Gasteiger partial charge on any atom is 0.293 e. The average molecular weight is 281 g/mol. The highest BCUT2D eigenvalue weighted by molar-refractivity contribution is 8.18. The van der Waals surface area contributed by atoms with Crippen LogP contribution >= 0.6 is 23.1 Å². The van der Waals surface area contributed by atoms with Gasteiger partial charge in [0.1, 0.15) is 0 Å². The van der Waals surface area contributed by atoms with Gasteiger partial charge in [0, 0.05) is 15.8 Å². The molecule has 1 aromatic heterocycles. The van der Waals surface area contributed by atoms with E-state index >= 15 is 0 Å². The fourth-order valence-corrected chi connectivity index (χ4v) is 3.64. The van der Waals surface area contributed by atoms with E-state index in [1.165, 1.54) is 9.78 Å². The topological polar surface area (TPSA) is 37.4 Å². The zero-order valence-corrected chi connectivity index (χ0v) is 12.2. The maximum absolute atomic E-state index is 12.1. The number of amides is 2. The standard InChI is InChI=1S/C13H15NO2S2/c1-4-9-5-6-10(17-9)7-11-12(15)14(8(2)3)13(16)18-11/h5-8H,4H2,1-3H3/b11-7-. The second-order valence-corrected chi connectivity index (χ2v) is 6.50. The lowest BCUT2D eigenvalue weighted by Gasteiger charge is -2.16. The van der Waals surface area contributed by atoms with E-state index in [-0.39, 0.29) is 17.2 Å². The van der Waals surface area contributed by atoms with Crippen LogP contribution in [0, 0.1) is 0 Å². The molecular weight excluding hydrogens is 266 g/mol. The van der Waals surface area contributed by atoms with E-state index in [4.69, 9.17) is 0 Å². The van der Waals surface area contributed by atoms with E-state index in [0.717, 1.165) is 23.1 Å². The summed E-state index contributed by atoms with van der Waals surface area (Å²) >= 11 is 2.69. The predicted octanol–water partition coefficient (Wildman–Crippen LogP) is 3.76. The van der Waals surface area contributed by atoms with Gasteiger partial charge in [-0.25, -0.2) is 0 Å². The molecule has 96 valence electrons. The lowest BCUT2D eigenvalue weighted by atomic mass is 10.3. The third-order valence-electron chi connectivity index (χ3n) is 2.64. The summed E-state index contributed by atoms with van der Waals surface area (Å²) in [6.07, 6.45) is 2.81. The summed E-state index contributed by atoms with van der Waals surface area (Å²) in [5.74, 6) is -0.175. The zero-order valence-electron chi connectivity index (χ0n) is 10.6. The number of carbonyl (C=O) groups excluding carboxylic acids is 2. The number of rotatable bonds is 3. The number of aryl methyl sites for hydroxylation is 1. The molecule has 5 heteroatoms. The zero-order chi connectivity index (χ0) is 13.3. The highest BCUT2D eigenvalue weighted by Crippen LogP contribution is 2.34. The van der Waals surface area contributed by atoms with Crippen LogP contribution in [-0.2, 0) is 11.2 Å². The normalized spacial score (nSPS) is 18.4. The Labute approximate surface area is 115 Å². The van der Waals surface area contributed by atoms with Gasteiger partial charge in [-0.05, 0) is 50.2 Å². The van der Waals surface area contributed by atoms with Crippen molar-refractivity contribution < 1.29 is 9.59 Å². The minimum absolute atomic E-state index is 0.0852. The van der Waals surface area contributed by atoms with Crippen molar-refractivity contribution in [1.29, 1.82) is 0 Å². The van der Waals surface area contributed by atoms with Crippen LogP contribution in [0.5, 0.6) is 0 Å². The number of thiophene rings is 1. The summed E-state index contributed by atoms with van der Waals surface area (Å²) in [7, 11) is 0. The second-order valence-electron chi connectivity index (χ2n) is 4.30. The quantitative estimate of drug-likeness (QED) is 0.792. The Bertz CT molecular complexity index is 517. The molecule has 0 unspecified atom stereocenters. The van der Waals surface area contributed by atoms with Gasteiger partial charge in [0.15, 0.2) is 0 Å². The van der Waals surface area contributed by atoms with Crippen LogP contribution in [0.4, 0.5) is 4.79 Å². The first-order valence-electron chi connectivity index (χ1n) is 5.88. The van der Waals surface area contributed by atoms with Crippen LogP contribution in [0.25, 0.3) is 6.08 Å². The van der Waals surface area contributed by atoms with Gasteiger partial charge >= 0.3 is 0 Å². The summed E-state index contributed by atoms with van der Waals surface area (Å²) in [4.78, 5) is 27.9. The molecule has 1 aliphatic rings. The first-order chi connectivity index (χ1) is 8.52. The molecule has 1 aliphatic heterocycles. The van der Waals surface area contributed by atoms with Gasteiger partial charge in [-0.2, -0.15) is 0 Å². The number of imide groups is 1. The molecule has 0 bridgehead atoms. The Kier molecular flexibility index (Phi) is 3.92. The van der Waals surface area contributed by atoms with Crippen molar-refractivity contribution in [2.24, 2.45) is 0 Å². The van der Waals surface area contributed by atoms with Gasteiger partial charge in [0.25, 0.3) is 11.1 Å². The summed E-state index contributed by atoms with van der Waals surface area (Å²) in [5, 5.41) is -0.173. The van der Waals surface area contributed by atoms with Crippen molar-refractivity contribution in [2.75, 3.05) is 0 Å². The first kappa shape index (κ1) is 13.4. The SMILES string of the molecule is CCc1ccc(/C=C2\SC(=O)N(C(C)C)C2=O)s1. The van der Waals surface area contributed by atoms with E-state index in [1.807, 2.05) is 26.0 Å². The van der Waals surface area contributed by atoms with E-state index in [2.05, 4.69) is 13.0 Å². The van der Waals surface area contributed by atoms with Crippen molar-refractivity contribution in [3.8, 4) is 0 Å². The Balaban J connectivity index is 2.24. The lowest BCUT2D eigenvalue weighted by molar-refractivity contribution is -0.123. The van der Waals surface area contributed by atoms with Crippen molar-refractivity contribution in [2.45, 2.75) is 33.2 Å². The van der Waals surface area contributed by atoms with Crippen LogP contribution in [0.3, 0.4) is 0 Å². The van der Waals surface area contributed by atoms with Gasteiger partial charge in [0.2, 0.25) is 0 Å². The molecule has 0 radical (unpaired) electrons. The fourth-order valence-electron chi connectivity index (χ4n) is 1.72. The van der Waals surface area contributed by atoms with Crippen molar-refractivity contribution in [1.82, 2.24) is 4.90 Å². The molecule has 0 spiro atoms. The number of carbonyl (C=O) groups is 2. The van der Waals surface area contributed by atoms with Crippen LogP contribution in [-0.4, -0.2) is 22.1 Å². The van der Waals surface area contributed by atoms with Crippen LogP contribution in [0.2, 0.25) is 0 Å². The highest BCUT2D eigenvalue weighted by atomic mass is 32.2. The number of nitrogens with zero attached hydrogens (tertiary/aromatic N) is 1. The maximum atomic E-state index is 12.1. The van der Waals surface area contributed by atoms with Crippen molar-refractivity contribution in [3.05, 3.63) is 26.8 Å². The van der Waals surface area contributed by atoms with Gasteiger partial charge in [0.05, 0.1) is 4.91 Å². The molecule has 2 heterocycles. The molecule has 18 heavy (non-hydrogen) atoms. The summed E-state index contributed by atoms with van der Waals surface area (Å²) in [6.45, 7) is 5.79. The molecule has 0 aliphatic carbocycles. The molecule has 0 N–H and O–H groups in total. The monoisotopic (exact) mass is 281 g/mol. The first-order valence-corrected chi connectivity index (χ1v) is 7.52. The number of hydrogen-bond acceptors (Lipinski definition) is 4. The predicted molar refractivity (Wildman–Crippen MR) is 76.6 cm³/mol. The third kappa shape index (κ3) is 2.52. The molecule has 2 amide bonds. The Morgan fingerprint density at radius 3 is 2.56 bits per heavy atom. The number of hydrogen-bond donors (Lipinski definition) is 0. The molecule has 0 aromatic carbocycles.